The number of aliphatic hydroxyl groups is 1. The van der Waals surface area contributed by atoms with Gasteiger partial charge in [-0.3, -0.25) is 9.98 Å². The van der Waals surface area contributed by atoms with Gasteiger partial charge >= 0.3 is 0 Å². The summed E-state index contributed by atoms with van der Waals surface area (Å²) in [6.45, 7) is 4.47. The number of imidazole rings is 1. The van der Waals surface area contributed by atoms with Crippen LogP contribution in [0.5, 0.6) is 0 Å². The molecule has 0 saturated heterocycles. The molecule has 0 radical (unpaired) electrons. The van der Waals surface area contributed by atoms with E-state index in [1.165, 1.54) is 12.8 Å². The largest absolute Gasteiger partial charge is 0.373 e. The summed E-state index contributed by atoms with van der Waals surface area (Å²) in [6.07, 6.45) is 11.2. The quantitative estimate of drug-likeness (QED) is 0.402. The second-order valence-electron chi connectivity index (χ2n) is 9.61. The first-order chi connectivity index (χ1) is 17.1. The summed E-state index contributed by atoms with van der Waals surface area (Å²) in [5, 5.41) is 16.7. The molecule has 2 aliphatic rings. The molecule has 35 heavy (non-hydrogen) atoms. The van der Waals surface area contributed by atoms with E-state index < -0.39 is 5.60 Å². The van der Waals surface area contributed by atoms with Gasteiger partial charge in [-0.1, -0.05) is 30.1 Å². The first-order valence-electron chi connectivity index (χ1n) is 12.4. The van der Waals surface area contributed by atoms with Gasteiger partial charge in [0.25, 0.3) is 0 Å². The lowest BCUT2D eigenvalue weighted by Crippen LogP contribution is -2.38. The van der Waals surface area contributed by atoms with Crippen LogP contribution in [0.25, 0.3) is 22.2 Å². The van der Waals surface area contributed by atoms with Gasteiger partial charge in [0, 0.05) is 29.8 Å². The van der Waals surface area contributed by atoms with Crippen LogP contribution in [0.2, 0.25) is 0 Å². The molecule has 7 heteroatoms. The van der Waals surface area contributed by atoms with Crippen molar-refractivity contribution in [1.29, 1.82) is 0 Å². The van der Waals surface area contributed by atoms with Gasteiger partial charge in [0.1, 0.15) is 11.6 Å². The number of aromatic amines is 1. The van der Waals surface area contributed by atoms with E-state index in [0.29, 0.717) is 29.4 Å². The molecular weight excluding hydrogens is 438 g/mol. The van der Waals surface area contributed by atoms with Crippen molar-refractivity contribution in [3.8, 4) is 11.1 Å². The number of dihydropyridines is 1. The topological polar surface area (TPSA) is 100 Å². The normalized spacial score (nSPS) is 18.2. The van der Waals surface area contributed by atoms with Gasteiger partial charge in [0.15, 0.2) is 5.60 Å². The third kappa shape index (κ3) is 3.62. The van der Waals surface area contributed by atoms with Gasteiger partial charge < -0.3 is 14.6 Å². The van der Waals surface area contributed by atoms with E-state index in [4.69, 9.17) is 14.5 Å². The minimum atomic E-state index is -1.56. The highest BCUT2D eigenvalue weighted by atomic mass is 16.5. The summed E-state index contributed by atoms with van der Waals surface area (Å²) < 4.78 is 5.49. The molecule has 0 amide bonds. The highest BCUT2D eigenvalue weighted by Crippen LogP contribution is 2.41. The Morgan fingerprint density at radius 1 is 1.14 bits per heavy atom. The molecule has 4 heterocycles. The van der Waals surface area contributed by atoms with E-state index in [2.05, 4.69) is 27.3 Å². The first-order valence-corrected chi connectivity index (χ1v) is 12.4. The van der Waals surface area contributed by atoms with Gasteiger partial charge in [-0.15, -0.1) is 0 Å². The molecule has 1 unspecified atom stereocenters. The van der Waals surface area contributed by atoms with Gasteiger partial charge in [-0.2, -0.15) is 0 Å². The lowest BCUT2D eigenvalue weighted by molar-refractivity contribution is 0.153. The van der Waals surface area contributed by atoms with Crippen LogP contribution < -0.4 is 0 Å². The molecule has 0 bridgehead atoms. The van der Waals surface area contributed by atoms with Gasteiger partial charge in [-0.25, -0.2) is 4.98 Å². The Kier molecular flexibility index (Phi) is 5.37. The monoisotopic (exact) mass is 467 g/mol. The second kappa shape index (κ2) is 8.57. The maximum absolute atomic E-state index is 12.6. The Morgan fingerprint density at radius 2 is 2.00 bits per heavy atom. The van der Waals surface area contributed by atoms with Gasteiger partial charge in [0.05, 0.1) is 28.1 Å². The Labute approximate surface area is 204 Å². The number of pyridine rings is 1. The van der Waals surface area contributed by atoms with Crippen LogP contribution in [0.3, 0.4) is 0 Å². The number of H-pyrrole nitrogens is 1. The van der Waals surface area contributed by atoms with Crippen molar-refractivity contribution in [3.63, 3.8) is 0 Å². The van der Waals surface area contributed by atoms with Crippen molar-refractivity contribution in [3.05, 3.63) is 77.2 Å². The van der Waals surface area contributed by atoms with Crippen LogP contribution >= 0.6 is 0 Å². The zero-order valence-electron chi connectivity index (χ0n) is 20.1. The van der Waals surface area contributed by atoms with Crippen molar-refractivity contribution in [2.24, 2.45) is 4.99 Å². The number of benzene rings is 1. The fourth-order valence-electron chi connectivity index (χ4n) is 5.57. The maximum Gasteiger partial charge on any atom is 0.175 e. The van der Waals surface area contributed by atoms with Crippen LogP contribution in [-0.2, 0) is 5.60 Å². The fraction of sp³-hybridized carbons (Fsp3) is 0.357. The lowest BCUT2D eigenvalue weighted by atomic mass is 9.82. The average molecular weight is 468 g/mol. The predicted molar refractivity (Wildman–Crippen MR) is 136 cm³/mol. The van der Waals surface area contributed by atoms with E-state index in [1.54, 1.807) is 6.20 Å². The molecule has 1 aromatic carbocycles. The zero-order chi connectivity index (χ0) is 24.0. The molecule has 6 rings (SSSR count). The average Bonchev–Trinajstić information content (AvgIpc) is 3.64. The smallest absolute Gasteiger partial charge is 0.175 e. The second-order valence-corrected chi connectivity index (χ2v) is 9.61. The molecule has 2 N–H and O–H groups in total. The van der Waals surface area contributed by atoms with Crippen LogP contribution in [0.1, 0.15) is 66.6 Å². The van der Waals surface area contributed by atoms with E-state index in [-0.39, 0.29) is 0 Å². The van der Waals surface area contributed by atoms with Crippen molar-refractivity contribution >= 4 is 16.7 Å². The van der Waals surface area contributed by atoms with Crippen LogP contribution in [0.4, 0.5) is 0 Å². The molecule has 1 fully saturated rings. The highest BCUT2D eigenvalue weighted by molar-refractivity contribution is 6.07. The van der Waals surface area contributed by atoms with Crippen LogP contribution in [0.15, 0.2) is 58.2 Å². The molecule has 1 saturated carbocycles. The van der Waals surface area contributed by atoms with Crippen molar-refractivity contribution in [2.75, 3.05) is 6.54 Å². The summed E-state index contributed by atoms with van der Waals surface area (Å²) in [5.41, 5.74) is 4.47. The van der Waals surface area contributed by atoms with E-state index >= 15 is 0 Å². The van der Waals surface area contributed by atoms with Crippen LogP contribution in [-0.4, -0.2) is 37.5 Å². The molecule has 4 aromatic rings. The Balaban J connectivity index is 1.66. The third-order valence-electron chi connectivity index (χ3n) is 7.32. The van der Waals surface area contributed by atoms with Crippen molar-refractivity contribution in [1.82, 2.24) is 20.1 Å². The molecule has 7 nitrogen and oxygen atoms in total. The number of rotatable bonds is 5. The van der Waals surface area contributed by atoms with Gasteiger partial charge in [0.2, 0.25) is 0 Å². The van der Waals surface area contributed by atoms with E-state index in [0.717, 1.165) is 58.7 Å². The minimum absolute atomic E-state index is 0.410. The van der Waals surface area contributed by atoms with Crippen molar-refractivity contribution in [2.45, 2.75) is 57.5 Å². The molecule has 0 spiro atoms. The minimum Gasteiger partial charge on any atom is -0.373 e. The number of hydrogen-bond donors (Lipinski definition) is 2. The SMILES string of the molecule is Cc1noc(C)c1-c1cc(C(O)(C2=NCCC=C2)c2ccccn2)c2nc(C3CCCC3)[nH]c2c1. The third-order valence-corrected chi connectivity index (χ3v) is 7.32. The Bertz CT molecular complexity index is 1420. The molecular formula is C28H29N5O2. The summed E-state index contributed by atoms with van der Waals surface area (Å²) in [6, 6.07) is 9.70. The summed E-state index contributed by atoms with van der Waals surface area (Å²) in [4.78, 5) is 18.0. The zero-order valence-corrected chi connectivity index (χ0v) is 20.1. The highest BCUT2D eigenvalue weighted by Gasteiger charge is 2.41. The number of nitrogens with zero attached hydrogens (tertiary/aromatic N) is 4. The van der Waals surface area contributed by atoms with Crippen molar-refractivity contribution < 1.29 is 9.63 Å². The Morgan fingerprint density at radius 3 is 2.69 bits per heavy atom. The number of aromatic nitrogens is 4. The van der Waals surface area contributed by atoms with Crippen LogP contribution in [0, 0.1) is 13.8 Å². The van der Waals surface area contributed by atoms with Gasteiger partial charge in [-0.05, 0) is 69.0 Å². The molecule has 1 atom stereocenters. The Hall–Kier alpha value is -3.58. The number of aryl methyl sites for hydroxylation is 2. The van der Waals surface area contributed by atoms with E-state index in [1.807, 2.05) is 44.2 Å². The molecule has 1 aliphatic heterocycles. The molecule has 3 aromatic heterocycles. The molecule has 178 valence electrons. The number of nitrogens with one attached hydrogen (secondary N) is 1. The van der Waals surface area contributed by atoms with E-state index in [9.17, 15) is 5.11 Å². The molecule has 1 aliphatic carbocycles. The summed E-state index contributed by atoms with van der Waals surface area (Å²) in [7, 11) is 0. The summed E-state index contributed by atoms with van der Waals surface area (Å²) >= 11 is 0. The predicted octanol–water partition coefficient (Wildman–Crippen LogP) is 5.52. The fourth-order valence-corrected chi connectivity index (χ4v) is 5.57. The standard InChI is InChI=1S/C28H29N5O2/c1-17-25(18(2)35-33-17)20-15-21(26-22(16-20)31-27(32-26)19-9-3-4-10-19)28(34,23-11-5-7-13-29-23)24-12-6-8-14-30-24/h5-7,11-13,15-16,19,34H,3-4,8-10,14H2,1-2H3,(H,31,32). The first kappa shape index (κ1) is 21.9. The maximum atomic E-state index is 12.6. The number of fused-ring (bicyclic) bond motifs is 1. The number of hydrogen-bond acceptors (Lipinski definition) is 6. The lowest BCUT2D eigenvalue weighted by Gasteiger charge is -2.30. The number of aliphatic imine (C=N–C) groups is 1. The summed E-state index contributed by atoms with van der Waals surface area (Å²) in [5.74, 6) is 2.13.